The van der Waals surface area contributed by atoms with Gasteiger partial charge in [0.05, 0.1) is 6.10 Å². The highest BCUT2D eigenvalue weighted by atomic mass is 79.9. The van der Waals surface area contributed by atoms with Crippen LogP contribution in [0.5, 0.6) is 0 Å². The molecule has 1 nitrogen and oxygen atoms in total. The number of halogens is 1. The fraction of sp³-hybridized carbons (Fsp3) is 0.273. The van der Waals surface area contributed by atoms with E-state index < -0.39 is 6.10 Å². The van der Waals surface area contributed by atoms with Crippen LogP contribution in [0.1, 0.15) is 25.0 Å². The summed E-state index contributed by atoms with van der Waals surface area (Å²) in [4.78, 5) is 0. The van der Waals surface area contributed by atoms with Crippen molar-refractivity contribution in [1.82, 2.24) is 0 Å². The third kappa shape index (κ3) is 3.22. The van der Waals surface area contributed by atoms with Crippen LogP contribution in [-0.4, -0.2) is 5.11 Å². The SMILES string of the molecule is CC#CCC(O)c1cccc(Br)c1. The van der Waals surface area contributed by atoms with Crippen molar-refractivity contribution in [3.8, 4) is 11.8 Å². The predicted molar refractivity (Wildman–Crippen MR) is 57.2 cm³/mol. The van der Waals surface area contributed by atoms with Gasteiger partial charge in [0.2, 0.25) is 0 Å². The predicted octanol–water partition coefficient (Wildman–Crippen LogP) is 2.90. The molecule has 0 amide bonds. The fourth-order valence-corrected chi connectivity index (χ4v) is 1.45. The van der Waals surface area contributed by atoms with Crippen LogP contribution >= 0.6 is 15.9 Å². The molecule has 1 unspecified atom stereocenters. The quantitative estimate of drug-likeness (QED) is 0.786. The zero-order chi connectivity index (χ0) is 9.68. The Hall–Kier alpha value is -0.780. The van der Waals surface area contributed by atoms with Crippen molar-refractivity contribution in [2.24, 2.45) is 0 Å². The van der Waals surface area contributed by atoms with Crippen molar-refractivity contribution in [2.75, 3.05) is 0 Å². The standard InChI is InChI=1S/C11H11BrO/c1-2-3-7-11(13)9-5-4-6-10(12)8-9/h4-6,8,11,13H,7H2,1H3. The van der Waals surface area contributed by atoms with E-state index in [0.29, 0.717) is 6.42 Å². The minimum absolute atomic E-state index is 0.482. The molecular formula is C11H11BrO. The van der Waals surface area contributed by atoms with E-state index in [-0.39, 0.29) is 0 Å². The van der Waals surface area contributed by atoms with Crippen molar-refractivity contribution in [1.29, 1.82) is 0 Å². The fourth-order valence-electron chi connectivity index (χ4n) is 1.03. The van der Waals surface area contributed by atoms with Crippen molar-refractivity contribution < 1.29 is 5.11 Å². The number of rotatable bonds is 2. The Morgan fingerprint density at radius 2 is 2.31 bits per heavy atom. The second-order valence-electron chi connectivity index (χ2n) is 2.70. The summed E-state index contributed by atoms with van der Waals surface area (Å²) in [5.74, 6) is 5.61. The van der Waals surface area contributed by atoms with Gasteiger partial charge in [0.15, 0.2) is 0 Å². The van der Waals surface area contributed by atoms with Gasteiger partial charge in [-0.2, -0.15) is 0 Å². The summed E-state index contributed by atoms with van der Waals surface area (Å²) in [6.07, 6.45) is 0.0115. The molecule has 0 aliphatic carbocycles. The zero-order valence-corrected chi connectivity index (χ0v) is 9.01. The molecule has 0 fully saturated rings. The molecule has 0 saturated heterocycles. The zero-order valence-electron chi connectivity index (χ0n) is 7.42. The van der Waals surface area contributed by atoms with Gasteiger partial charge >= 0.3 is 0 Å². The van der Waals surface area contributed by atoms with Crippen molar-refractivity contribution in [2.45, 2.75) is 19.4 Å². The van der Waals surface area contributed by atoms with Crippen molar-refractivity contribution >= 4 is 15.9 Å². The third-order valence-corrected chi connectivity index (χ3v) is 2.20. The van der Waals surface area contributed by atoms with Crippen LogP contribution in [0, 0.1) is 11.8 Å². The maximum absolute atomic E-state index is 9.65. The minimum atomic E-state index is -0.482. The first kappa shape index (κ1) is 10.3. The molecule has 0 bridgehead atoms. The summed E-state index contributed by atoms with van der Waals surface area (Å²) in [6, 6.07) is 7.64. The number of aliphatic hydroxyl groups is 1. The largest absolute Gasteiger partial charge is 0.387 e. The molecule has 0 aliphatic heterocycles. The normalized spacial score (nSPS) is 11.6. The van der Waals surface area contributed by atoms with Crippen LogP contribution in [0.25, 0.3) is 0 Å². The van der Waals surface area contributed by atoms with Gasteiger partial charge in [-0.05, 0) is 24.6 Å². The Morgan fingerprint density at radius 1 is 1.54 bits per heavy atom. The molecular weight excluding hydrogens is 228 g/mol. The number of hydrogen-bond donors (Lipinski definition) is 1. The lowest BCUT2D eigenvalue weighted by Gasteiger charge is -2.06. The highest BCUT2D eigenvalue weighted by Crippen LogP contribution is 2.19. The summed E-state index contributed by atoms with van der Waals surface area (Å²) in [5.41, 5.74) is 0.900. The lowest BCUT2D eigenvalue weighted by Crippen LogP contribution is -1.95. The molecule has 0 saturated carbocycles. The van der Waals surface area contributed by atoms with E-state index in [0.717, 1.165) is 10.0 Å². The molecule has 1 aromatic rings. The summed E-state index contributed by atoms with van der Waals surface area (Å²) < 4.78 is 0.980. The molecule has 13 heavy (non-hydrogen) atoms. The summed E-state index contributed by atoms with van der Waals surface area (Å²) in [6.45, 7) is 1.77. The lowest BCUT2D eigenvalue weighted by atomic mass is 10.1. The average molecular weight is 239 g/mol. The average Bonchev–Trinajstić information content (AvgIpc) is 2.14. The van der Waals surface area contributed by atoms with E-state index in [1.54, 1.807) is 6.92 Å². The lowest BCUT2D eigenvalue weighted by molar-refractivity contribution is 0.184. The second kappa shape index (κ2) is 5.06. The van der Waals surface area contributed by atoms with E-state index in [1.165, 1.54) is 0 Å². The van der Waals surface area contributed by atoms with E-state index in [4.69, 9.17) is 0 Å². The molecule has 0 radical (unpaired) electrons. The van der Waals surface area contributed by atoms with E-state index in [9.17, 15) is 5.11 Å². The van der Waals surface area contributed by atoms with E-state index in [1.807, 2.05) is 24.3 Å². The molecule has 68 valence electrons. The van der Waals surface area contributed by atoms with Gasteiger partial charge in [-0.3, -0.25) is 0 Å². The van der Waals surface area contributed by atoms with Gasteiger partial charge in [-0.1, -0.05) is 28.1 Å². The first-order valence-corrected chi connectivity index (χ1v) is 4.86. The molecule has 0 aliphatic rings. The van der Waals surface area contributed by atoms with E-state index in [2.05, 4.69) is 27.8 Å². The Bertz CT molecular complexity index is 335. The summed E-state index contributed by atoms with van der Waals surface area (Å²) >= 11 is 3.35. The maximum Gasteiger partial charge on any atom is 0.0899 e. The highest BCUT2D eigenvalue weighted by molar-refractivity contribution is 9.10. The number of hydrogen-bond acceptors (Lipinski definition) is 1. The Balaban J connectivity index is 2.74. The number of aliphatic hydroxyl groups excluding tert-OH is 1. The maximum atomic E-state index is 9.65. The Morgan fingerprint density at radius 3 is 2.92 bits per heavy atom. The van der Waals surface area contributed by atoms with Crippen LogP contribution in [0.4, 0.5) is 0 Å². The molecule has 1 aromatic carbocycles. The number of benzene rings is 1. The highest BCUT2D eigenvalue weighted by Gasteiger charge is 2.04. The van der Waals surface area contributed by atoms with Crippen LogP contribution in [0.15, 0.2) is 28.7 Å². The molecule has 0 spiro atoms. The van der Waals surface area contributed by atoms with Gasteiger partial charge in [0.25, 0.3) is 0 Å². The molecule has 2 heteroatoms. The summed E-state index contributed by atoms with van der Waals surface area (Å²) in [7, 11) is 0. The topological polar surface area (TPSA) is 20.2 Å². The van der Waals surface area contributed by atoms with Gasteiger partial charge in [0.1, 0.15) is 0 Å². The van der Waals surface area contributed by atoms with Crippen molar-refractivity contribution in [3.63, 3.8) is 0 Å². The molecule has 1 atom stereocenters. The van der Waals surface area contributed by atoms with Gasteiger partial charge in [-0.15, -0.1) is 11.8 Å². The third-order valence-electron chi connectivity index (χ3n) is 1.71. The molecule has 1 rings (SSSR count). The van der Waals surface area contributed by atoms with E-state index >= 15 is 0 Å². The van der Waals surface area contributed by atoms with Crippen LogP contribution in [0.3, 0.4) is 0 Å². The first-order chi connectivity index (χ1) is 6.24. The van der Waals surface area contributed by atoms with Crippen LogP contribution in [0.2, 0.25) is 0 Å². The van der Waals surface area contributed by atoms with Gasteiger partial charge in [-0.25, -0.2) is 0 Å². The first-order valence-electron chi connectivity index (χ1n) is 4.07. The summed E-state index contributed by atoms with van der Waals surface area (Å²) in [5, 5.41) is 9.65. The Kier molecular flexibility index (Phi) is 4.01. The van der Waals surface area contributed by atoms with Crippen molar-refractivity contribution in [3.05, 3.63) is 34.3 Å². The van der Waals surface area contributed by atoms with Crippen LogP contribution < -0.4 is 0 Å². The Labute approximate surface area is 86.9 Å². The molecule has 0 heterocycles. The van der Waals surface area contributed by atoms with Crippen LogP contribution in [-0.2, 0) is 0 Å². The molecule has 1 N–H and O–H groups in total. The van der Waals surface area contributed by atoms with Gasteiger partial charge < -0.3 is 5.11 Å². The monoisotopic (exact) mass is 238 g/mol. The second-order valence-corrected chi connectivity index (χ2v) is 3.62. The minimum Gasteiger partial charge on any atom is -0.387 e. The smallest absolute Gasteiger partial charge is 0.0899 e. The molecule has 0 aromatic heterocycles. The van der Waals surface area contributed by atoms with Gasteiger partial charge in [0, 0.05) is 10.9 Å².